The van der Waals surface area contributed by atoms with E-state index in [1.54, 1.807) is 19.1 Å². The summed E-state index contributed by atoms with van der Waals surface area (Å²) in [5.74, 6) is 0.0932. The number of benzene rings is 1. The molecule has 0 heterocycles. The number of nitrogens with one attached hydrogen (secondary N) is 1. The molecular weight excluding hydrogens is 273 g/mol. The fraction of sp³-hybridized carbons (Fsp3) is 0.562. The summed E-state index contributed by atoms with van der Waals surface area (Å²) >= 11 is 0. The largest absolute Gasteiger partial charge is 0.494 e. The highest BCUT2D eigenvalue weighted by Crippen LogP contribution is 2.16. The highest BCUT2D eigenvalue weighted by molar-refractivity contribution is 5.80. The quantitative estimate of drug-likeness (QED) is 0.562. The van der Waals surface area contributed by atoms with Gasteiger partial charge in [0.2, 0.25) is 0 Å². The van der Waals surface area contributed by atoms with Gasteiger partial charge in [0, 0.05) is 0 Å². The summed E-state index contributed by atoms with van der Waals surface area (Å²) in [6.07, 6.45) is 1.31. The van der Waals surface area contributed by atoms with E-state index < -0.39 is 5.54 Å². The van der Waals surface area contributed by atoms with E-state index in [0.29, 0.717) is 38.3 Å². The van der Waals surface area contributed by atoms with Gasteiger partial charge in [-0.05, 0) is 57.5 Å². The van der Waals surface area contributed by atoms with Gasteiger partial charge in [0.25, 0.3) is 0 Å². The van der Waals surface area contributed by atoms with Gasteiger partial charge in [-0.1, -0.05) is 6.92 Å². The third-order valence-corrected chi connectivity index (χ3v) is 3.20. The van der Waals surface area contributed by atoms with Crippen molar-refractivity contribution in [1.82, 2.24) is 5.32 Å². The van der Waals surface area contributed by atoms with E-state index in [1.165, 1.54) is 12.1 Å². The van der Waals surface area contributed by atoms with Crippen LogP contribution in [0.15, 0.2) is 24.3 Å². The molecule has 1 aromatic rings. The maximum atomic E-state index is 12.8. The monoisotopic (exact) mass is 297 g/mol. The van der Waals surface area contributed by atoms with Crippen molar-refractivity contribution in [2.75, 3.05) is 19.8 Å². The zero-order valence-corrected chi connectivity index (χ0v) is 12.9. The van der Waals surface area contributed by atoms with Crippen LogP contribution in [0, 0.1) is 5.82 Å². The maximum Gasteiger partial charge on any atom is 0.326 e. The molecule has 1 aromatic carbocycles. The van der Waals surface area contributed by atoms with Crippen LogP contribution in [0.4, 0.5) is 4.39 Å². The molecule has 1 rings (SSSR count). The smallest absolute Gasteiger partial charge is 0.326 e. The zero-order valence-electron chi connectivity index (χ0n) is 12.9. The molecule has 0 aliphatic heterocycles. The van der Waals surface area contributed by atoms with Gasteiger partial charge in [-0.15, -0.1) is 0 Å². The Morgan fingerprint density at radius 1 is 1.29 bits per heavy atom. The van der Waals surface area contributed by atoms with Gasteiger partial charge in [0.15, 0.2) is 0 Å². The summed E-state index contributed by atoms with van der Waals surface area (Å²) in [4.78, 5) is 12.0. The SMILES string of the molecule is CCNC(C)(CCCOc1ccc(F)cc1)C(=O)OCC. The van der Waals surface area contributed by atoms with E-state index in [9.17, 15) is 9.18 Å². The lowest BCUT2D eigenvalue weighted by molar-refractivity contribution is -0.150. The van der Waals surface area contributed by atoms with Crippen LogP contribution in [0.25, 0.3) is 0 Å². The zero-order chi connectivity index (χ0) is 15.7. The normalized spacial score (nSPS) is 13.5. The van der Waals surface area contributed by atoms with Gasteiger partial charge < -0.3 is 14.8 Å². The van der Waals surface area contributed by atoms with Crippen LogP contribution in [0.2, 0.25) is 0 Å². The molecule has 0 radical (unpaired) electrons. The van der Waals surface area contributed by atoms with Crippen molar-refractivity contribution in [3.8, 4) is 5.75 Å². The number of rotatable bonds is 9. The van der Waals surface area contributed by atoms with E-state index >= 15 is 0 Å². The molecule has 5 heteroatoms. The van der Waals surface area contributed by atoms with Crippen molar-refractivity contribution < 1.29 is 18.7 Å². The van der Waals surface area contributed by atoms with Crippen LogP contribution in [-0.2, 0) is 9.53 Å². The van der Waals surface area contributed by atoms with E-state index in [2.05, 4.69) is 5.32 Å². The Morgan fingerprint density at radius 2 is 1.95 bits per heavy atom. The van der Waals surface area contributed by atoms with Crippen LogP contribution >= 0.6 is 0 Å². The molecule has 0 spiro atoms. The first-order chi connectivity index (χ1) is 10.0. The molecule has 0 saturated carbocycles. The van der Waals surface area contributed by atoms with Crippen molar-refractivity contribution in [3.63, 3.8) is 0 Å². The minimum absolute atomic E-state index is 0.242. The van der Waals surface area contributed by atoms with Crippen molar-refractivity contribution in [2.45, 2.75) is 39.2 Å². The number of ether oxygens (including phenoxy) is 2. The summed E-state index contributed by atoms with van der Waals surface area (Å²) in [6.45, 7) is 7.10. The molecule has 0 fully saturated rings. The second-order valence-corrected chi connectivity index (χ2v) is 4.99. The molecule has 0 aliphatic carbocycles. The van der Waals surface area contributed by atoms with Crippen molar-refractivity contribution in [3.05, 3.63) is 30.1 Å². The van der Waals surface area contributed by atoms with Gasteiger partial charge in [0.1, 0.15) is 17.1 Å². The van der Waals surface area contributed by atoms with Gasteiger partial charge in [0.05, 0.1) is 13.2 Å². The van der Waals surface area contributed by atoms with E-state index in [0.717, 1.165) is 0 Å². The second-order valence-electron chi connectivity index (χ2n) is 4.99. The molecule has 21 heavy (non-hydrogen) atoms. The number of esters is 1. The average molecular weight is 297 g/mol. The molecule has 0 aromatic heterocycles. The van der Waals surface area contributed by atoms with Crippen LogP contribution in [0.3, 0.4) is 0 Å². The first-order valence-corrected chi connectivity index (χ1v) is 7.32. The molecule has 0 aliphatic rings. The molecule has 4 nitrogen and oxygen atoms in total. The lowest BCUT2D eigenvalue weighted by atomic mass is 9.96. The third kappa shape index (κ3) is 5.71. The Bertz CT molecular complexity index is 436. The molecule has 0 amide bonds. The van der Waals surface area contributed by atoms with E-state index in [-0.39, 0.29) is 11.8 Å². The molecule has 0 bridgehead atoms. The Hall–Kier alpha value is -1.62. The third-order valence-electron chi connectivity index (χ3n) is 3.20. The number of carbonyl (C=O) groups excluding carboxylic acids is 1. The average Bonchev–Trinajstić information content (AvgIpc) is 2.46. The lowest BCUT2D eigenvalue weighted by Crippen LogP contribution is -2.50. The summed E-state index contributed by atoms with van der Waals surface area (Å²) in [5, 5.41) is 3.17. The highest BCUT2D eigenvalue weighted by Gasteiger charge is 2.33. The van der Waals surface area contributed by atoms with Crippen molar-refractivity contribution in [2.24, 2.45) is 0 Å². The first-order valence-electron chi connectivity index (χ1n) is 7.32. The predicted molar refractivity (Wildman–Crippen MR) is 79.8 cm³/mol. The number of carbonyl (C=O) groups is 1. The number of halogens is 1. The number of hydrogen-bond acceptors (Lipinski definition) is 4. The Morgan fingerprint density at radius 3 is 2.52 bits per heavy atom. The van der Waals surface area contributed by atoms with Crippen LogP contribution in [0.5, 0.6) is 5.75 Å². The van der Waals surface area contributed by atoms with Crippen molar-refractivity contribution in [1.29, 1.82) is 0 Å². The number of likely N-dealkylation sites (N-methyl/N-ethyl adjacent to an activating group) is 1. The molecule has 1 N–H and O–H groups in total. The maximum absolute atomic E-state index is 12.8. The van der Waals surface area contributed by atoms with Gasteiger partial charge in [-0.2, -0.15) is 0 Å². The van der Waals surface area contributed by atoms with Crippen LogP contribution in [0.1, 0.15) is 33.6 Å². The number of hydrogen-bond donors (Lipinski definition) is 1. The van der Waals surface area contributed by atoms with E-state index in [1.807, 2.05) is 13.8 Å². The Balaban J connectivity index is 2.43. The summed E-state index contributed by atoms with van der Waals surface area (Å²) < 4.78 is 23.4. The summed E-state index contributed by atoms with van der Waals surface area (Å²) in [6, 6.07) is 5.89. The van der Waals surface area contributed by atoms with Gasteiger partial charge >= 0.3 is 5.97 Å². The second kappa shape index (κ2) is 8.62. The topological polar surface area (TPSA) is 47.6 Å². The summed E-state index contributed by atoms with van der Waals surface area (Å²) in [7, 11) is 0. The van der Waals surface area contributed by atoms with Crippen LogP contribution < -0.4 is 10.1 Å². The molecule has 0 saturated heterocycles. The standard InChI is InChI=1S/C16H24FNO3/c1-4-18-16(3,15(19)20-5-2)11-6-12-21-14-9-7-13(17)8-10-14/h7-10,18H,4-6,11-12H2,1-3H3. The Labute approximate surface area is 125 Å². The first kappa shape index (κ1) is 17.4. The fourth-order valence-corrected chi connectivity index (χ4v) is 2.09. The molecule has 1 atom stereocenters. The van der Waals surface area contributed by atoms with Crippen LogP contribution in [-0.4, -0.2) is 31.3 Å². The minimum Gasteiger partial charge on any atom is -0.494 e. The highest BCUT2D eigenvalue weighted by atomic mass is 19.1. The van der Waals surface area contributed by atoms with Crippen molar-refractivity contribution >= 4 is 5.97 Å². The lowest BCUT2D eigenvalue weighted by Gasteiger charge is -2.28. The predicted octanol–water partition coefficient (Wildman–Crippen LogP) is 2.92. The molecule has 118 valence electrons. The summed E-state index contributed by atoms with van der Waals surface area (Å²) in [5.41, 5.74) is -0.698. The minimum atomic E-state index is -0.698. The molecular formula is C16H24FNO3. The fourth-order valence-electron chi connectivity index (χ4n) is 2.09. The Kier molecular flexibility index (Phi) is 7.15. The van der Waals surface area contributed by atoms with Gasteiger partial charge in [-0.25, -0.2) is 4.39 Å². The van der Waals surface area contributed by atoms with E-state index in [4.69, 9.17) is 9.47 Å². The van der Waals surface area contributed by atoms with Gasteiger partial charge in [-0.3, -0.25) is 4.79 Å². The molecule has 1 unspecified atom stereocenters.